The van der Waals surface area contributed by atoms with E-state index < -0.39 is 0 Å². The number of nitrogens with one attached hydrogen (secondary N) is 1. The molecule has 19 heavy (non-hydrogen) atoms. The smallest absolute Gasteiger partial charge is 0.0713 e. The van der Waals surface area contributed by atoms with Crippen molar-refractivity contribution in [3.8, 4) is 0 Å². The fourth-order valence-corrected chi connectivity index (χ4v) is 2.30. The van der Waals surface area contributed by atoms with Crippen molar-refractivity contribution in [3.63, 3.8) is 0 Å². The third kappa shape index (κ3) is 6.22. The van der Waals surface area contributed by atoms with Crippen molar-refractivity contribution < 1.29 is 4.74 Å². The lowest BCUT2D eigenvalue weighted by Gasteiger charge is -2.20. The average Bonchev–Trinajstić information content (AvgIpc) is 2.44. The molecular formula is C17H29NO. The first-order valence-corrected chi connectivity index (χ1v) is 7.49. The van der Waals surface area contributed by atoms with Crippen LogP contribution < -0.4 is 5.32 Å². The van der Waals surface area contributed by atoms with Gasteiger partial charge in [-0.1, -0.05) is 51.5 Å². The second kappa shape index (κ2) is 9.11. The van der Waals surface area contributed by atoms with Gasteiger partial charge in [0, 0.05) is 19.7 Å². The summed E-state index contributed by atoms with van der Waals surface area (Å²) in [5.41, 5.74) is 2.59. The molecule has 0 heterocycles. The summed E-state index contributed by atoms with van der Waals surface area (Å²) in [6.07, 6.45) is 3.73. The largest absolute Gasteiger partial charge is 0.380 e. The number of hydrogen-bond acceptors (Lipinski definition) is 2. The maximum Gasteiger partial charge on any atom is 0.0713 e. The molecule has 2 unspecified atom stereocenters. The molecule has 1 aromatic carbocycles. The maximum atomic E-state index is 5.18. The van der Waals surface area contributed by atoms with Gasteiger partial charge in [-0.15, -0.1) is 0 Å². The number of rotatable bonds is 9. The summed E-state index contributed by atoms with van der Waals surface area (Å²) < 4.78 is 5.18. The third-order valence-electron chi connectivity index (χ3n) is 3.77. The SMILES string of the molecule is CCC(C)CC(CC)NCc1cccc(COC)c1. The summed E-state index contributed by atoms with van der Waals surface area (Å²) in [5.74, 6) is 0.803. The molecule has 2 heteroatoms. The molecule has 2 nitrogen and oxygen atoms in total. The van der Waals surface area contributed by atoms with E-state index in [1.807, 2.05) is 0 Å². The van der Waals surface area contributed by atoms with E-state index in [4.69, 9.17) is 4.74 Å². The van der Waals surface area contributed by atoms with Gasteiger partial charge >= 0.3 is 0 Å². The minimum absolute atomic E-state index is 0.626. The Labute approximate surface area is 118 Å². The molecule has 2 atom stereocenters. The van der Waals surface area contributed by atoms with Crippen LogP contribution in [0.25, 0.3) is 0 Å². The number of hydrogen-bond donors (Lipinski definition) is 1. The predicted octanol–water partition coefficient (Wildman–Crippen LogP) is 4.14. The van der Waals surface area contributed by atoms with Crippen LogP contribution in [0.1, 0.15) is 51.2 Å². The Morgan fingerprint density at radius 1 is 1.16 bits per heavy atom. The Balaban J connectivity index is 2.47. The lowest BCUT2D eigenvalue weighted by molar-refractivity contribution is 0.185. The first-order chi connectivity index (χ1) is 9.19. The number of methoxy groups -OCH3 is 1. The van der Waals surface area contributed by atoms with Gasteiger partial charge in [0.25, 0.3) is 0 Å². The zero-order valence-corrected chi connectivity index (χ0v) is 12.9. The highest BCUT2D eigenvalue weighted by Crippen LogP contribution is 2.13. The second-order valence-electron chi connectivity index (χ2n) is 5.49. The van der Waals surface area contributed by atoms with E-state index in [9.17, 15) is 0 Å². The van der Waals surface area contributed by atoms with Crippen LogP contribution in [0.5, 0.6) is 0 Å². The van der Waals surface area contributed by atoms with E-state index in [-0.39, 0.29) is 0 Å². The van der Waals surface area contributed by atoms with Crippen molar-refractivity contribution >= 4 is 0 Å². The van der Waals surface area contributed by atoms with Gasteiger partial charge in [0.2, 0.25) is 0 Å². The van der Waals surface area contributed by atoms with E-state index in [0.717, 1.165) is 12.5 Å². The van der Waals surface area contributed by atoms with E-state index in [0.29, 0.717) is 12.6 Å². The first kappa shape index (κ1) is 16.2. The highest BCUT2D eigenvalue weighted by atomic mass is 16.5. The summed E-state index contributed by atoms with van der Waals surface area (Å²) in [7, 11) is 1.74. The van der Waals surface area contributed by atoms with E-state index in [1.165, 1.54) is 30.4 Å². The van der Waals surface area contributed by atoms with Gasteiger partial charge in [0.15, 0.2) is 0 Å². The molecular weight excluding hydrogens is 234 g/mol. The fourth-order valence-electron chi connectivity index (χ4n) is 2.30. The number of benzene rings is 1. The van der Waals surface area contributed by atoms with Crippen molar-refractivity contribution in [1.29, 1.82) is 0 Å². The van der Waals surface area contributed by atoms with Crippen molar-refractivity contribution in [2.75, 3.05) is 7.11 Å². The molecule has 0 amide bonds. The van der Waals surface area contributed by atoms with Crippen LogP contribution >= 0.6 is 0 Å². The highest BCUT2D eigenvalue weighted by Gasteiger charge is 2.09. The molecule has 1 N–H and O–H groups in total. The molecule has 0 spiro atoms. The van der Waals surface area contributed by atoms with E-state index >= 15 is 0 Å². The minimum Gasteiger partial charge on any atom is -0.380 e. The molecule has 0 radical (unpaired) electrons. The molecule has 0 bridgehead atoms. The lowest BCUT2D eigenvalue weighted by Crippen LogP contribution is -2.29. The van der Waals surface area contributed by atoms with Gasteiger partial charge in [-0.3, -0.25) is 0 Å². The van der Waals surface area contributed by atoms with Gasteiger partial charge in [-0.2, -0.15) is 0 Å². The highest BCUT2D eigenvalue weighted by molar-refractivity contribution is 5.22. The van der Waals surface area contributed by atoms with Gasteiger partial charge < -0.3 is 10.1 Å². The standard InChI is InChI=1S/C17H29NO/c1-5-14(3)10-17(6-2)18-12-15-8-7-9-16(11-15)13-19-4/h7-9,11,14,17-18H,5-6,10,12-13H2,1-4H3. The van der Waals surface area contributed by atoms with Crippen LogP contribution in [0.4, 0.5) is 0 Å². The van der Waals surface area contributed by atoms with Gasteiger partial charge in [-0.25, -0.2) is 0 Å². The van der Waals surface area contributed by atoms with Gasteiger partial charge in [0.1, 0.15) is 0 Å². The zero-order chi connectivity index (χ0) is 14.1. The molecule has 0 aliphatic carbocycles. The van der Waals surface area contributed by atoms with Crippen molar-refractivity contribution in [3.05, 3.63) is 35.4 Å². The van der Waals surface area contributed by atoms with Crippen LogP contribution in [0.3, 0.4) is 0 Å². The second-order valence-corrected chi connectivity index (χ2v) is 5.49. The molecule has 0 aliphatic heterocycles. The predicted molar refractivity (Wildman–Crippen MR) is 82.1 cm³/mol. The summed E-state index contributed by atoms with van der Waals surface area (Å²) in [6, 6.07) is 9.26. The van der Waals surface area contributed by atoms with E-state index in [2.05, 4.69) is 50.4 Å². The fraction of sp³-hybridized carbons (Fsp3) is 0.647. The Morgan fingerprint density at radius 3 is 2.53 bits per heavy atom. The Hall–Kier alpha value is -0.860. The Morgan fingerprint density at radius 2 is 1.89 bits per heavy atom. The lowest BCUT2D eigenvalue weighted by atomic mass is 9.97. The van der Waals surface area contributed by atoms with Crippen LogP contribution in [-0.2, 0) is 17.9 Å². The minimum atomic E-state index is 0.626. The molecule has 0 fully saturated rings. The van der Waals surface area contributed by atoms with Crippen LogP contribution in [-0.4, -0.2) is 13.2 Å². The topological polar surface area (TPSA) is 21.3 Å². The normalized spacial score (nSPS) is 14.3. The maximum absolute atomic E-state index is 5.18. The molecule has 1 rings (SSSR count). The molecule has 1 aromatic rings. The summed E-state index contributed by atoms with van der Waals surface area (Å²) in [4.78, 5) is 0. The molecule has 0 aromatic heterocycles. The number of ether oxygens (including phenoxy) is 1. The molecule has 108 valence electrons. The average molecular weight is 263 g/mol. The van der Waals surface area contributed by atoms with Crippen LogP contribution in [0.15, 0.2) is 24.3 Å². The van der Waals surface area contributed by atoms with Crippen molar-refractivity contribution in [2.24, 2.45) is 5.92 Å². The zero-order valence-electron chi connectivity index (χ0n) is 12.9. The van der Waals surface area contributed by atoms with Gasteiger partial charge in [0.05, 0.1) is 6.61 Å². The van der Waals surface area contributed by atoms with Crippen molar-refractivity contribution in [2.45, 2.75) is 59.2 Å². The van der Waals surface area contributed by atoms with Gasteiger partial charge in [-0.05, 0) is 29.9 Å². The first-order valence-electron chi connectivity index (χ1n) is 7.49. The summed E-state index contributed by atoms with van der Waals surface area (Å²) in [6.45, 7) is 8.51. The Bertz CT molecular complexity index is 351. The summed E-state index contributed by atoms with van der Waals surface area (Å²) >= 11 is 0. The van der Waals surface area contributed by atoms with Crippen LogP contribution in [0, 0.1) is 5.92 Å². The quantitative estimate of drug-likeness (QED) is 0.723. The van der Waals surface area contributed by atoms with Crippen LogP contribution in [0.2, 0.25) is 0 Å². The Kier molecular flexibility index (Phi) is 7.76. The molecule has 0 saturated carbocycles. The molecule has 0 saturated heterocycles. The monoisotopic (exact) mass is 263 g/mol. The van der Waals surface area contributed by atoms with Crippen molar-refractivity contribution in [1.82, 2.24) is 5.32 Å². The third-order valence-corrected chi connectivity index (χ3v) is 3.77. The summed E-state index contributed by atoms with van der Waals surface area (Å²) in [5, 5.41) is 3.68. The molecule has 0 aliphatic rings. The van der Waals surface area contributed by atoms with E-state index in [1.54, 1.807) is 7.11 Å².